The molecule has 1 aromatic heterocycles. The maximum atomic E-state index is 10.0. The van der Waals surface area contributed by atoms with Gasteiger partial charge < -0.3 is 10.8 Å². The minimum absolute atomic E-state index is 0.419. The number of anilines is 1. The Morgan fingerprint density at radius 1 is 1.44 bits per heavy atom. The minimum Gasteiger partial charge on any atom is -0.398 e. The van der Waals surface area contributed by atoms with E-state index in [4.69, 9.17) is 5.73 Å². The molecule has 0 aliphatic carbocycles. The lowest BCUT2D eigenvalue weighted by Gasteiger charge is -2.11. The van der Waals surface area contributed by atoms with Crippen LogP contribution in [0.25, 0.3) is 0 Å². The van der Waals surface area contributed by atoms with Gasteiger partial charge in [0.2, 0.25) is 0 Å². The number of para-hydroxylation sites is 1. The van der Waals surface area contributed by atoms with Gasteiger partial charge in [0, 0.05) is 30.9 Å². The fraction of sp³-hybridized carbons (Fsp3) is 0.273. The number of hydrogen-bond donors (Lipinski definition) is 2. The number of aryl methyl sites for hydroxylation is 1. The van der Waals surface area contributed by atoms with Gasteiger partial charge in [0.1, 0.15) is 0 Å². The average Bonchev–Trinajstić information content (AvgIpc) is 2.64. The van der Waals surface area contributed by atoms with E-state index in [2.05, 4.69) is 10.3 Å². The summed E-state index contributed by atoms with van der Waals surface area (Å²) in [7, 11) is 1.79. The summed E-state index contributed by atoms with van der Waals surface area (Å²) in [4.78, 5) is 0. The van der Waals surface area contributed by atoms with Crippen molar-refractivity contribution < 1.29 is 5.11 Å². The van der Waals surface area contributed by atoms with Gasteiger partial charge in [-0.05, 0) is 6.07 Å². The Balaban J connectivity index is 2.14. The maximum absolute atomic E-state index is 10.0. The summed E-state index contributed by atoms with van der Waals surface area (Å²) in [5.41, 5.74) is 7.85. The lowest BCUT2D eigenvalue weighted by molar-refractivity contribution is 0.178. The number of hydrogen-bond acceptors (Lipinski definition) is 4. The molecule has 1 aromatic carbocycles. The van der Waals surface area contributed by atoms with Crippen molar-refractivity contribution in [3.05, 3.63) is 41.7 Å². The van der Waals surface area contributed by atoms with Crippen molar-refractivity contribution in [2.24, 2.45) is 7.05 Å². The molecule has 0 saturated heterocycles. The summed E-state index contributed by atoms with van der Waals surface area (Å²) in [5.74, 6) is 0. The van der Waals surface area contributed by atoms with Gasteiger partial charge in [-0.25, -0.2) is 0 Å². The molecule has 1 heterocycles. The summed E-state index contributed by atoms with van der Waals surface area (Å²) in [5, 5.41) is 17.7. The van der Waals surface area contributed by atoms with E-state index < -0.39 is 6.10 Å². The number of aliphatic hydroxyl groups is 1. The van der Waals surface area contributed by atoms with Crippen molar-refractivity contribution in [3.8, 4) is 0 Å². The summed E-state index contributed by atoms with van der Waals surface area (Å²) in [6.07, 6.45) is 1.56. The van der Waals surface area contributed by atoms with E-state index in [1.165, 1.54) is 0 Å². The molecule has 0 radical (unpaired) electrons. The van der Waals surface area contributed by atoms with Crippen LogP contribution in [0.2, 0.25) is 0 Å². The van der Waals surface area contributed by atoms with E-state index in [0.717, 1.165) is 11.3 Å². The number of aromatic nitrogens is 3. The first-order valence-corrected chi connectivity index (χ1v) is 5.04. The molecular formula is C11H14N4O. The highest BCUT2D eigenvalue weighted by Crippen LogP contribution is 2.22. The van der Waals surface area contributed by atoms with Crippen molar-refractivity contribution in [3.63, 3.8) is 0 Å². The molecular weight excluding hydrogens is 204 g/mol. The molecule has 5 nitrogen and oxygen atoms in total. The highest BCUT2D eigenvalue weighted by atomic mass is 16.3. The van der Waals surface area contributed by atoms with Gasteiger partial charge in [-0.1, -0.05) is 23.4 Å². The van der Waals surface area contributed by atoms with Gasteiger partial charge in [0.15, 0.2) is 0 Å². The molecule has 0 fully saturated rings. The molecule has 0 aliphatic rings. The Morgan fingerprint density at radius 2 is 2.19 bits per heavy atom. The molecule has 1 unspecified atom stereocenters. The van der Waals surface area contributed by atoms with Gasteiger partial charge in [-0.3, -0.25) is 4.68 Å². The first-order valence-electron chi connectivity index (χ1n) is 5.04. The third-order valence-corrected chi connectivity index (χ3v) is 2.41. The van der Waals surface area contributed by atoms with Crippen LogP contribution in [-0.4, -0.2) is 20.1 Å². The second kappa shape index (κ2) is 4.32. The number of rotatable bonds is 3. The molecule has 0 aliphatic heterocycles. The molecule has 2 rings (SSSR count). The van der Waals surface area contributed by atoms with Gasteiger partial charge in [-0.2, -0.15) is 0 Å². The molecule has 84 valence electrons. The second-order valence-corrected chi connectivity index (χ2v) is 3.73. The molecule has 0 bridgehead atoms. The number of benzene rings is 1. The van der Waals surface area contributed by atoms with Crippen LogP contribution in [0.15, 0.2) is 30.5 Å². The third kappa shape index (κ3) is 2.20. The van der Waals surface area contributed by atoms with Crippen molar-refractivity contribution in [1.82, 2.24) is 15.0 Å². The Hall–Kier alpha value is -1.88. The highest BCUT2D eigenvalue weighted by molar-refractivity contribution is 5.47. The fourth-order valence-corrected chi connectivity index (χ4v) is 1.61. The monoisotopic (exact) mass is 218 g/mol. The molecule has 1 atom stereocenters. The van der Waals surface area contributed by atoms with Crippen LogP contribution in [-0.2, 0) is 13.5 Å². The first-order chi connectivity index (χ1) is 7.66. The van der Waals surface area contributed by atoms with E-state index >= 15 is 0 Å². The number of aliphatic hydroxyl groups excluding tert-OH is 1. The van der Waals surface area contributed by atoms with Crippen molar-refractivity contribution in [2.45, 2.75) is 12.5 Å². The summed E-state index contributed by atoms with van der Waals surface area (Å²) in [6.45, 7) is 0. The standard InChI is InChI=1S/C11H14N4O/c1-15-7-8(13-14-15)6-11(16)9-4-2-3-5-10(9)12/h2-5,7,11,16H,6,12H2,1H3. The molecule has 16 heavy (non-hydrogen) atoms. The highest BCUT2D eigenvalue weighted by Gasteiger charge is 2.12. The van der Waals surface area contributed by atoms with E-state index in [1.807, 2.05) is 18.2 Å². The molecule has 5 heteroatoms. The lowest BCUT2D eigenvalue weighted by Crippen LogP contribution is -2.05. The predicted octanol–water partition coefficient (Wildman–Crippen LogP) is 0.673. The summed E-state index contributed by atoms with van der Waals surface area (Å²) >= 11 is 0. The minimum atomic E-state index is -0.641. The van der Waals surface area contributed by atoms with Crippen LogP contribution in [0.3, 0.4) is 0 Å². The van der Waals surface area contributed by atoms with Crippen LogP contribution in [0.1, 0.15) is 17.4 Å². The Kier molecular flexibility index (Phi) is 2.87. The molecule has 2 aromatic rings. The number of nitrogens with zero attached hydrogens (tertiary/aromatic N) is 3. The van der Waals surface area contributed by atoms with E-state index in [9.17, 15) is 5.11 Å². The first kappa shape index (κ1) is 10.6. The lowest BCUT2D eigenvalue weighted by atomic mass is 10.0. The predicted molar refractivity (Wildman–Crippen MR) is 60.5 cm³/mol. The Morgan fingerprint density at radius 3 is 2.81 bits per heavy atom. The van der Waals surface area contributed by atoms with E-state index in [-0.39, 0.29) is 0 Å². The van der Waals surface area contributed by atoms with Gasteiger partial charge in [0.25, 0.3) is 0 Å². The normalized spacial score (nSPS) is 12.6. The second-order valence-electron chi connectivity index (χ2n) is 3.73. The van der Waals surface area contributed by atoms with Crippen LogP contribution in [0, 0.1) is 0 Å². The van der Waals surface area contributed by atoms with Crippen LogP contribution >= 0.6 is 0 Å². The maximum Gasteiger partial charge on any atom is 0.0866 e. The largest absolute Gasteiger partial charge is 0.398 e. The van der Waals surface area contributed by atoms with Crippen molar-refractivity contribution >= 4 is 5.69 Å². The smallest absolute Gasteiger partial charge is 0.0866 e. The third-order valence-electron chi connectivity index (χ3n) is 2.41. The van der Waals surface area contributed by atoms with Gasteiger partial charge in [0.05, 0.1) is 11.8 Å². The van der Waals surface area contributed by atoms with E-state index in [1.54, 1.807) is 24.0 Å². The quantitative estimate of drug-likeness (QED) is 0.742. The molecule has 3 N–H and O–H groups in total. The number of nitrogens with two attached hydrogens (primary N) is 1. The number of nitrogen functional groups attached to an aromatic ring is 1. The van der Waals surface area contributed by atoms with Crippen LogP contribution in [0.5, 0.6) is 0 Å². The average molecular weight is 218 g/mol. The SMILES string of the molecule is Cn1cc(CC(O)c2ccccc2N)nn1. The molecule has 0 spiro atoms. The Labute approximate surface area is 93.5 Å². The van der Waals surface area contributed by atoms with Crippen LogP contribution < -0.4 is 5.73 Å². The van der Waals surface area contributed by atoms with Gasteiger partial charge in [-0.15, -0.1) is 5.10 Å². The van der Waals surface area contributed by atoms with Crippen molar-refractivity contribution in [2.75, 3.05) is 5.73 Å². The summed E-state index contributed by atoms with van der Waals surface area (Å²) < 4.78 is 1.61. The zero-order valence-corrected chi connectivity index (χ0v) is 9.04. The van der Waals surface area contributed by atoms with Gasteiger partial charge >= 0.3 is 0 Å². The van der Waals surface area contributed by atoms with Crippen molar-refractivity contribution in [1.29, 1.82) is 0 Å². The zero-order valence-electron chi connectivity index (χ0n) is 9.04. The van der Waals surface area contributed by atoms with Crippen LogP contribution in [0.4, 0.5) is 5.69 Å². The Bertz CT molecular complexity index is 480. The van der Waals surface area contributed by atoms with E-state index in [0.29, 0.717) is 12.1 Å². The zero-order chi connectivity index (χ0) is 11.5. The summed E-state index contributed by atoms with van der Waals surface area (Å²) in [6, 6.07) is 7.28. The topological polar surface area (TPSA) is 77.0 Å². The fourth-order valence-electron chi connectivity index (χ4n) is 1.61. The molecule has 0 saturated carbocycles. The molecule has 0 amide bonds.